The van der Waals surface area contributed by atoms with Gasteiger partial charge in [0.15, 0.2) is 0 Å². The van der Waals surface area contributed by atoms with Crippen LogP contribution in [0.5, 0.6) is 0 Å². The standard InChI is InChI=1S/C20H22N4O2/c1-3-15-6-4-5-7-19(15)23(2)10-11-24-13-18(22-14-24)17-12-16(20(25)26)8-9-21-17/h4-9,12-14H,3,10-11H2,1-2H3,(H,25,26). The molecular formula is C20H22N4O2. The molecule has 2 heterocycles. The van der Waals surface area contributed by atoms with Crippen LogP contribution in [0.25, 0.3) is 11.4 Å². The Bertz CT molecular complexity index is 904. The van der Waals surface area contributed by atoms with Crippen molar-refractivity contribution in [3.8, 4) is 11.4 Å². The Kier molecular flexibility index (Phi) is 5.31. The molecule has 0 unspecified atom stereocenters. The summed E-state index contributed by atoms with van der Waals surface area (Å²) in [6.07, 6.45) is 6.14. The third kappa shape index (κ3) is 3.91. The third-order valence-electron chi connectivity index (χ3n) is 4.38. The van der Waals surface area contributed by atoms with Crippen molar-refractivity contribution >= 4 is 11.7 Å². The molecule has 0 aliphatic heterocycles. The number of imidazole rings is 1. The van der Waals surface area contributed by atoms with Gasteiger partial charge in [0.1, 0.15) is 5.69 Å². The van der Waals surface area contributed by atoms with Crippen molar-refractivity contribution < 1.29 is 9.90 Å². The molecule has 0 aliphatic rings. The second kappa shape index (κ2) is 7.82. The van der Waals surface area contributed by atoms with Gasteiger partial charge in [-0.1, -0.05) is 25.1 Å². The zero-order valence-corrected chi connectivity index (χ0v) is 15.0. The molecule has 1 aromatic carbocycles. The topological polar surface area (TPSA) is 71.2 Å². The summed E-state index contributed by atoms with van der Waals surface area (Å²) in [6.45, 7) is 3.78. The van der Waals surface area contributed by atoms with Crippen molar-refractivity contribution in [2.45, 2.75) is 19.9 Å². The number of hydrogen-bond acceptors (Lipinski definition) is 4. The van der Waals surface area contributed by atoms with Crippen LogP contribution < -0.4 is 4.90 Å². The maximum absolute atomic E-state index is 11.1. The number of benzene rings is 1. The fourth-order valence-electron chi connectivity index (χ4n) is 2.89. The van der Waals surface area contributed by atoms with Crippen molar-refractivity contribution in [3.63, 3.8) is 0 Å². The molecule has 3 rings (SSSR count). The lowest BCUT2D eigenvalue weighted by Gasteiger charge is -2.22. The summed E-state index contributed by atoms with van der Waals surface area (Å²) in [5, 5.41) is 9.10. The highest BCUT2D eigenvalue weighted by Gasteiger charge is 2.09. The van der Waals surface area contributed by atoms with Crippen LogP contribution in [0, 0.1) is 0 Å². The minimum Gasteiger partial charge on any atom is -0.478 e. The Morgan fingerprint density at radius 3 is 2.77 bits per heavy atom. The summed E-state index contributed by atoms with van der Waals surface area (Å²) in [4.78, 5) is 21.9. The molecule has 0 bridgehead atoms. The van der Waals surface area contributed by atoms with Gasteiger partial charge in [-0.2, -0.15) is 0 Å². The first-order chi connectivity index (χ1) is 12.6. The zero-order valence-electron chi connectivity index (χ0n) is 15.0. The van der Waals surface area contributed by atoms with Crippen LogP contribution in [0.2, 0.25) is 0 Å². The van der Waals surface area contributed by atoms with Gasteiger partial charge in [-0.25, -0.2) is 9.78 Å². The number of carboxylic acid groups (broad SMARTS) is 1. The van der Waals surface area contributed by atoms with E-state index in [1.807, 2.05) is 10.8 Å². The fraction of sp³-hybridized carbons (Fsp3) is 0.250. The fourth-order valence-corrected chi connectivity index (χ4v) is 2.89. The molecule has 134 valence electrons. The van der Waals surface area contributed by atoms with E-state index in [1.165, 1.54) is 23.5 Å². The molecule has 0 amide bonds. The highest BCUT2D eigenvalue weighted by atomic mass is 16.4. The van der Waals surface area contributed by atoms with Crippen LogP contribution in [0.4, 0.5) is 5.69 Å². The quantitative estimate of drug-likeness (QED) is 0.707. The first kappa shape index (κ1) is 17.7. The zero-order chi connectivity index (χ0) is 18.5. The van der Waals surface area contributed by atoms with E-state index in [0.717, 1.165) is 19.5 Å². The van der Waals surface area contributed by atoms with Gasteiger partial charge in [0.2, 0.25) is 0 Å². The largest absolute Gasteiger partial charge is 0.478 e. The van der Waals surface area contributed by atoms with E-state index < -0.39 is 5.97 Å². The van der Waals surface area contributed by atoms with E-state index in [2.05, 4.69) is 53.1 Å². The summed E-state index contributed by atoms with van der Waals surface area (Å²) in [5.41, 5.74) is 4.01. The normalized spacial score (nSPS) is 10.7. The van der Waals surface area contributed by atoms with Crippen LogP contribution in [-0.2, 0) is 13.0 Å². The van der Waals surface area contributed by atoms with Crippen LogP contribution in [0.1, 0.15) is 22.8 Å². The predicted molar refractivity (Wildman–Crippen MR) is 102 cm³/mol. The monoisotopic (exact) mass is 350 g/mol. The van der Waals surface area contributed by atoms with Crippen molar-refractivity contribution in [3.05, 3.63) is 66.2 Å². The van der Waals surface area contributed by atoms with Crippen molar-refractivity contribution in [2.75, 3.05) is 18.5 Å². The second-order valence-corrected chi connectivity index (χ2v) is 6.14. The first-order valence-electron chi connectivity index (χ1n) is 8.59. The number of pyridine rings is 1. The number of carboxylic acids is 1. The van der Waals surface area contributed by atoms with Gasteiger partial charge in [-0.15, -0.1) is 0 Å². The Hall–Kier alpha value is -3.15. The Labute approximate surface area is 152 Å². The Morgan fingerprint density at radius 1 is 1.19 bits per heavy atom. The maximum atomic E-state index is 11.1. The van der Waals surface area contributed by atoms with Gasteiger partial charge in [0.05, 0.1) is 17.6 Å². The molecule has 0 spiro atoms. The average molecular weight is 350 g/mol. The second-order valence-electron chi connectivity index (χ2n) is 6.14. The minimum atomic E-state index is -0.968. The van der Waals surface area contributed by atoms with E-state index in [9.17, 15) is 4.79 Å². The number of rotatable bonds is 7. The van der Waals surface area contributed by atoms with Crippen molar-refractivity contribution in [2.24, 2.45) is 0 Å². The summed E-state index contributed by atoms with van der Waals surface area (Å²) >= 11 is 0. The number of aromatic nitrogens is 3. The van der Waals surface area contributed by atoms with E-state index in [4.69, 9.17) is 5.11 Å². The van der Waals surface area contributed by atoms with Crippen LogP contribution >= 0.6 is 0 Å². The minimum absolute atomic E-state index is 0.209. The molecule has 3 aromatic rings. The molecule has 26 heavy (non-hydrogen) atoms. The molecule has 6 heteroatoms. The molecule has 0 aliphatic carbocycles. The third-order valence-corrected chi connectivity index (χ3v) is 4.38. The van der Waals surface area contributed by atoms with Crippen LogP contribution in [0.15, 0.2) is 55.1 Å². The van der Waals surface area contributed by atoms with Crippen molar-refractivity contribution in [1.29, 1.82) is 0 Å². The highest BCUT2D eigenvalue weighted by Crippen LogP contribution is 2.20. The van der Waals surface area contributed by atoms with Gasteiger partial charge < -0.3 is 14.6 Å². The SMILES string of the molecule is CCc1ccccc1N(C)CCn1cnc(-c2cc(C(=O)O)ccn2)c1. The lowest BCUT2D eigenvalue weighted by atomic mass is 10.1. The van der Waals surface area contributed by atoms with E-state index in [0.29, 0.717) is 11.4 Å². The van der Waals surface area contributed by atoms with Crippen molar-refractivity contribution in [1.82, 2.24) is 14.5 Å². The number of aryl methyl sites for hydroxylation is 1. The van der Waals surface area contributed by atoms with Gasteiger partial charge >= 0.3 is 5.97 Å². The molecule has 0 fully saturated rings. The van der Waals surface area contributed by atoms with E-state index in [1.54, 1.807) is 12.4 Å². The van der Waals surface area contributed by atoms with Gasteiger partial charge in [-0.3, -0.25) is 4.98 Å². The maximum Gasteiger partial charge on any atom is 0.335 e. The highest BCUT2D eigenvalue weighted by molar-refractivity contribution is 5.88. The number of anilines is 1. The number of nitrogens with zero attached hydrogens (tertiary/aromatic N) is 4. The smallest absolute Gasteiger partial charge is 0.335 e. The summed E-state index contributed by atoms with van der Waals surface area (Å²) in [5.74, 6) is -0.968. The summed E-state index contributed by atoms with van der Waals surface area (Å²) < 4.78 is 2.00. The van der Waals surface area contributed by atoms with E-state index in [-0.39, 0.29) is 5.56 Å². The molecule has 0 radical (unpaired) electrons. The molecule has 0 atom stereocenters. The molecular weight excluding hydrogens is 328 g/mol. The Morgan fingerprint density at radius 2 is 2.00 bits per heavy atom. The lowest BCUT2D eigenvalue weighted by molar-refractivity contribution is 0.0697. The molecule has 1 N–H and O–H groups in total. The number of likely N-dealkylation sites (N-methyl/N-ethyl adjacent to an activating group) is 1. The van der Waals surface area contributed by atoms with Gasteiger partial charge in [0.25, 0.3) is 0 Å². The van der Waals surface area contributed by atoms with Gasteiger partial charge in [0, 0.05) is 38.2 Å². The molecule has 2 aromatic heterocycles. The van der Waals surface area contributed by atoms with E-state index >= 15 is 0 Å². The summed E-state index contributed by atoms with van der Waals surface area (Å²) in [6, 6.07) is 11.4. The number of para-hydroxylation sites is 1. The number of hydrogen-bond donors (Lipinski definition) is 1. The predicted octanol–water partition coefficient (Wildman–Crippen LogP) is 3.34. The molecule has 0 saturated heterocycles. The number of aromatic carboxylic acids is 1. The molecule has 6 nitrogen and oxygen atoms in total. The lowest BCUT2D eigenvalue weighted by Crippen LogP contribution is -2.23. The average Bonchev–Trinajstić information content (AvgIpc) is 3.15. The number of carbonyl (C=O) groups is 1. The summed E-state index contributed by atoms with van der Waals surface area (Å²) in [7, 11) is 2.09. The molecule has 0 saturated carbocycles. The Balaban J connectivity index is 1.69. The van der Waals surface area contributed by atoms with Crippen LogP contribution in [-0.4, -0.2) is 39.2 Å². The van der Waals surface area contributed by atoms with Crippen LogP contribution in [0.3, 0.4) is 0 Å². The van der Waals surface area contributed by atoms with Gasteiger partial charge in [-0.05, 0) is 30.2 Å². The first-order valence-corrected chi connectivity index (χ1v) is 8.59.